The van der Waals surface area contributed by atoms with Crippen molar-refractivity contribution in [1.82, 2.24) is 4.90 Å². The molecule has 5 rings (SSSR count). The van der Waals surface area contributed by atoms with Crippen molar-refractivity contribution in [2.75, 3.05) is 43.1 Å². The van der Waals surface area contributed by atoms with E-state index in [2.05, 4.69) is 16.7 Å². The van der Waals surface area contributed by atoms with Crippen LogP contribution in [0.5, 0.6) is 5.75 Å². The molecule has 1 unspecified atom stereocenters. The number of amides is 2. The van der Waals surface area contributed by atoms with Crippen LogP contribution in [-0.4, -0.2) is 50.0 Å². The van der Waals surface area contributed by atoms with E-state index in [4.69, 9.17) is 4.74 Å². The zero-order valence-corrected chi connectivity index (χ0v) is 19.4. The lowest BCUT2D eigenvalue weighted by Crippen LogP contribution is -2.39. The number of rotatable bonds is 5. The van der Waals surface area contributed by atoms with Gasteiger partial charge in [-0.1, -0.05) is 25.1 Å². The number of carbonyl (C=O) groups excluding carboxylic acids is 2. The Morgan fingerprint density at radius 3 is 2.18 bits per heavy atom. The average Bonchev–Trinajstić information content (AvgIpc) is 3.46. The average molecular weight is 446 g/mol. The van der Waals surface area contributed by atoms with Crippen molar-refractivity contribution in [3.05, 3.63) is 59.8 Å². The maximum atomic E-state index is 13.8. The van der Waals surface area contributed by atoms with Gasteiger partial charge in [-0.25, -0.2) is 4.90 Å². The molecule has 2 saturated heterocycles. The number of para-hydroxylation sites is 1. The van der Waals surface area contributed by atoms with Gasteiger partial charge in [-0.05, 0) is 61.9 Å². The molecular weight excluding hydrogens is 414 g/mol. The van der Waals surface area contributed by atoms with E-state index in [9.17, 15) is 9.59 Å². The third kappa shape index (κ3) is 3.88. The van der Waals surface area contributed by atoms with Gasteiger partial charge in [0.1, 0.15) is 11.4 Å². The van der Waals surface area contributed by atoms with Gasteiger partial charge < -0.3 is 14.5 Å². The van der Waals surface area contributed by atoms with Crippen LogP contribution in [0.1, 0.15) is 38.2 Å². The summed E-state index contributed by atoms with van der Waals surface area (Å²) in [6.07, 6.45) is 4.55. The topological polar surface area (TPSA) is 53.1 Å². The number of benzene rings is 2. The molecule has 3 aliphatic rings. The summed E-state index contributed by atoms with van der Waals surface area (Å²) in [5, 5.41) is 0. The lowest BCUT2D eigenvalue weighted by Gasteiger charge is -2.33. The Morgan fingerprint density at radius 1 is 0.818 bits per heavy atom. The van der Waals surface area contributed by atoms with E-state index in [-0.39, 0.29) is 11.8 Å². The van der Waals surface area contributed by atoms with Crippen molar-refractivity contribution in [2.45, 2.75) is 32.6 Å². The third-order valence-corrected chi connectivity index (χ3v) is 6.99. The normalized spacial score (nSPS) is 21.4. The van der Waals surface area contributed by atoms with Gasteiger partial charge >= 0.3 is 0 Å². The number of carbonyl (C=O) groups is 2. The highest BCUT2D eigenvalue weighted by molar-refractivity contribution is 6.45. The standard InChI is InChI=1S/C27H31N3O3/c1-19-8-7-17-29(18-19)25-24(22-9-3-4-10-23(22)33-2)26(31)30(27(25)32)21-13-11-20(12-14-21)28-15-5-6-16-28/h3-4,9-14,19H,5-8,15-18H2,1-2H3. The van der Waals surface area contributed by atoms with E-state index in [0.717, 1.165) is 44.7 Å². The molecule has 1 atom stereocenters. The molecule has 3 heterocycles. The molecule has 0 bridgehead atoms. The first-order valence-electron chi connectivity index (χ1n) is 11.9. The highest BCUT2D eigenvalue weighted by Gasteiger charge is 2.44. The first kappa shape index (κ1) is 21.6. The largest absolute Gasteiger partial charge is 0.496 e. The Labute approximate surface area is 195 Å². The second-order valence-corrected chi connectivity index (χ2v) is 9.27. The second kappa shape index (κ2) is 8.93. The molecule has 0 aromatic heterocycles. The van der Waals surface area contributed by atoms with Crippen LogP contribution in [0.3, 0.4) is 0 Å². The monoisotopic (exact) mass is 445 g/mol. The number of anilines is 2. The van der Waals surface area contributed by atoms with Crippen LogP contribution in [0.2, 0.25) is 0 Å². The Bertz CT molecular complexity index is 1090. The number of hydrogen-bond donors (Lipinski definition) is 0. The molecule has 0 N–H and O–H groups in total. The number of piperidine rings is 1. The van der Waals surface area contributed by atoms with Crippen LogP contribution in [0.25, 0.3) is 5.57 Å². The summed E-state index contributed by atoms with van der Waals surface area (Å²) in [5.41, 5.74) is 3.36. The molecule has 0 aliphatic carbocycles. The Hall–Kier alpha value is -3.28. The van der Waals surface area contributed by atoms with Crippen molar-refractivity contribution in [3.63, 3.8) is 0 Å². The molecule has 2 fully saturated rings. The summed E-state index contributed by atoms with van der Waals surface area (Å²) < 4.78 is 5.57. The van der Waals surface area contributed by atoms with E-state index >= 15 is 0 Å². The predicted octanol–water partition coefficient (Wildman–Crippen LogP) is 4.31. The summed E-state index contributed by atoms with van der Waals surface area (Å²) in [5.74, 6) is 0.542. The number of nitrogens with zero attached hydrogens (tertiary/aromatic N) is 3. The maximum Gasteiger partial charge on any atom is 0.282 e. The highest BCUT2D eigenvalue weighted by atomic mass is 16.5. The molecule has 3 aliphatic heterocycles. The van der Waals surface area contributed by atoms with Crippen molar-refractivity contribution in [2.24, 2.45) is 5.92 Å². The summed E-state index contributed by atoms with van der Waals surface area (Å²) in [4.78, 5) is 33.4. The lowest BCUT2D eigenvalue weighted by molar-refractivity contribution is -0.120. The minimum absolute atomic E-state index is 0.246. The fraction of sp³-hybridized carbons (Fsp3) is 0.407. The molecule has 172 valence electrons. The third-order valence-electron chi connectivity index (χ3n) is 6.99. The summed E-state index contributed by atoms with van der Waals surface area (Å²) in [6.45, 7) is 5.86. The molecular formula is C27H31N3O3. The summed E-state index contributed by atoms with van der Waals surface area (Å²) in [7, 11) is 1.60. The van der Waals surface area contributed by atoms with Gasteiger partial charge in [0.25, 0.3) is 11.8 Å². The first-order valence-corrected chi connectivity index (χ1v) is 11.9. The Balaban J connectivity index is 1.55. The predicted molar refractivity (Wildman–Crippen MR) is 130 cm³/mol. The van der Waals surface area contributed by atoms with Gasteiger partial charge in [0.15, 0.2) is 0 Å². The first-order chi connectivity index (χ1) is 16.1. The molecule has 0 radical (unpaired) electrons. The lowest BCUT2D eigenvalue weighted by atomic mass is 9.97. The van der Waals surface area contributed by atoms with Crippen molar-refractivity contribution in [1.29, 1.82) is 0 Å². The Morgan fingerprint density at radius 2 is 1.48 bits per heavy atom. The SMILES string of the molecule is COc1ccccc1C1=C(N2CCCC(C)C2)C(=O)N(c2ccc(N3CCCC3)cc2)C1=O. The number of likely N-dealkylation sites (tertiary alicyclic amines) is 1. The van der Waals surface area contributed by atoms with Gasteiger partial charge in [-0.2, -0.15) is 0 Å². The van der Waals surface area contributed by atoms with Crippen LogP contribution in [0, 0.1) is 5.92 Å². The number of imide groups is 1. The maximum absolute atomic E-state index is 13.8. The van der Waals surface area contributed by atoms with Gasteiger partial charge in [-0.3, -0.25) is 9.59 Å². The second-order valence-electron chi connectivity index (χ2n) is 9.27. The van der Waals surface area contributed by atoms with E-state index in [1.165, 1.54) is 17.7 Å². The van der Waals surface area contributed by atoms with E-state index in [1.54, 1.807) is 7.11 Å². The zero-order chi connectivity index (χ0) is 22.9. The number of hydrogen-bond acceptors (Lipinski definition) is 5. The summed E-state index contributed by atoms with van der Waals surface area (Å²) >= 11 is 0. The van der Waals surface area contributed by atoms with Gasteiger partial charge in [0.2, 0.25) is 0 Å². The van der Waals surface area contributed by atoms with Crippen LogP contribution in [0.15, 0.2) is 54.2 Å². The van der Waals surface area contributed by atoms with Crippen LogP contribution >= 0.6 is 0 Å². The summed E-state index contributed by atoms with van der Waals surface area (Å²) in [6, 6.07) is 15.3. The van der Waals surface area contributed by atoms with Crippen LogP contribution in [-0.2, 0) is 9.59 Å². The highest BCUT2D eigenvalue weighted by Crippen LogP contribution is 2.39. The molecule has 0 spiro atoms. The minimum atomic E-state index is -0.286. The number of methoxy groups -OCH3 is 1. The van der Waals surface area contributed by atoms with E-state index < -0.39 is 0 Å². The van der Waals surface area contributed by atoms with Crippen molar-refractivity contribution >= 4 is 28.8 Å². The quantitative estimate of drug-likeness (QED) is 0.642. The molecule has 6 nitrogen and oxygen atoms in total. The van der Waals surface area contributed by atoms with Gasteiger partial charge in [-0.15, -0.1) is 0 Å². The molecule has 0 saturated carbocycles. The molecule has 2 aromatic rings. The van der Waals surface area contributed by atoms with E-state index in [0.29, 0.717) is 34.2 Å². The smallest absolute Gasteiger partial charge is 0.282 e. The minimum Gasteiger partial charge on any atom is -0.496 e. The van der Waals surface area contributed by atoms with Crippen molar-refractivity contribution in [3.8, 4) is 5.75 Å². The molecule has 2 amide bonds. The van der Waals surface area contributed by atoms with E-state index in [1.807, 2.05) is 48.5 Å². The van der Waals surface area contributed by atoms with Gasteiger partial charge in [0, 0.05) is 37.4 Å². The van der Waals surface area contributed by atoms with Crippen LogP contribution < -0.4 is 14.5 Å². The van der Waals surface area contributed by atoms with Crippen LogP contribution in [0.4, 0.5) is 11.4 Å². The molecule has 6 heteroatoms. The Kier molecular flexibility index (Phi) is 5.83. The zero-order valence-electron chi connectivity index (χ0n) is 19.4. The fourth-order valence-electron chi connectivity index (χ4n) is 5.32. The van der Waals surface area contributed by atoms with Gasteiger partial charge in [0.05, 0.1) is 18.4 Å². The van der Waals surface area contributed by atoms with Crippen molar-refractivity contribution < 1.29 is 14.3 Å². The molecule has 2 aromatic carbocycles. The number of ether oxygens (including phenoxy) is 1. The molecule has 33 heavy (non-hydrogen) atoms. The fourth-order valence-corrected chi connectivity index (χ4v) is 5.32.